The van der Waals surface area contributed by atoms with Crippen LogP contribution in [0, 0.1) is 11.3 Å². The third-order valence-corrected chi connectivity index (χ3v) is 5.87. The van der Waals surface area contributed by atoms with Crippen LogP contribution in [0.4, 0.5) is 16.3 Å². The smallest absolute Gasteiger partial charge is 0.324 e. The summed E-state index contributed by atoms with van der Waals surface area (Å²) in [6, 6.07) is 18.2. The molecule has 198 valence electrons. The number of pyridine rings is 1. The lowest BCUT2D eigenvalue weighted by Crippen LogP contribution is -2.21. The Morgan fingerprint density at radius 2 is 1.79 bits per heavy atom. The monoisotopic (exact) mass is 543 g/mol. The topological polar surface area (TPSA) is 134 Å². The van der Waals surface area contributed by atoms with E-state index in [1.807, 2.05) is 20.8 Å². The first-order valence-corrected chi connectivity index (χ1v) is 12.3. The molecule has 2 aromatic carbocycles. The Hall–Kier alpha value is -4.88. The van der Waals surface area contributed by atoms with Crippen molar-refractivity contribution < 1.29 is 14.3 Å². The number of hydrogen-bond acceptors (Lipinski definition) is 6. The third kappa shape index (κ3) is 6.52. The van der Waals surface area contributed by atoms with Crippen LogP contribution in [0.3, 0.4) is 0 Å². The molecule has 2 aromatic heterocycles. The number of hydrogen-bond donors (Lipinski definition) is 3. The summed E-state index contributed by atoms with van der Waals surface area (Å²) >= 11 is 6.42. The zero-order valence-electron chi connectivity index (χ0n) is 21.7. The molecule has 4 rings (SSSR count). The molecule has 11 heteroatoms. The maximum Gasteiger partial charge on any atom is 0.324 e. The average Bonchev–Trinajstić information content (AvgIpc) is 3.34. The summed E-state index contributed by atoms with van der Waals surface area (Å²) in [4.78, 5) is 28.8. The van der Waals surface area contributed by atoms with E-state index < -0.39 is 6.03 Å². The molecule has 0 radical (unpaired) electrons. The Kier molecular flexibility index (Phi) is 7.83. The predicted octanol–water partition coefficient (Wildman–Crippen LogP) is 5.89. The molecule has 0 aliphatic rings. The molecule has 2 heterocycles. The van der Waals surface area contributed by atoms with Crippen LogP contribution in [0.2, 0.25) is 5.02 Å². The molecule has 0 saturated heterocycles. The van der Waals surface area contributed by atoms with E-state index in [2.05, 4.69) is 32.1 Å². The average molecular weight is 544 g/mol. The maximum absolute atomic E-state index is 13.0. The van der Waals surface area contributed by atoms with Gasteiger partial charge < -0.3 is 15.4 Å². The van der Waals surface area contributed by atoms with Crippen LogP contribution in [0.25, 0.3) is 5.69 Å². The van der Waals surface area contributed by atoms with Crippen molar-refractivity contribution in [2.24, 2.45) is 0 Å². The Morgan fingerprint density at radius 3 is 2.49 bits per heavy atom. The highest BCUT2D eigenvalue weighted by atomic mass is 35.5. The number of nitrogens with one attached hydrogen (secondary N) is 3. The maximum atomic E-state index is 13.0. The molecule has 4 aromatic rings. The van der Waals surface area contributed by atoms with E-state index in [4.69, 9.17) is 16.3 Å². The predicted molar refractivity (Wildman–Crippen MR) is 149 cm³/mol. The number of urea groups is 1. The Labute approximate surface area is 230 Å². The highest BCUT2D eigenvalue weighted by Gasteiger charge is 2.22. The van der Waals surface area contributed by atoms with Gasteiger partial charge in [0.05, 0.1) is 33.7 Å². The van der Waals surface area contributed by atoms with Crippen LogP contribution in [-0.4, -0.2) is 33.8 Å². The number of amides is 3. The van der Waals surface area contributed by atoms with Crippen molar-refractivity contribution in [3.05, 3.63) is 88.8 Å². The van der Waals surface area contributed by atoms with Crippen molar-refractivity contribution in [1.82, 2.24) is 20.1 Å². The lowest BCUT2D eigenvalue weighted by atomic mass is 9.92. The molecule has 3 N–H and O–H groups in total. The molecule has 0 atom stereocenters. The third-order valence-electron chi connectivity index (χ3n) is 5.55. The first kappa shape index (κ1) is 27.2. The van der Waals surface area contributed by atoms with Crippen LogP contribution >= 0.6 is 11.6 Å². The number of rotatable bonds is 6. The standard InChI is InChI=1S/C28H26ClN7O3/c1-28(2,3)24-15-25(36(35-24)18-7-5-6-17(12-18)16-30)34-27(38)33-22-9-8-19(13-21(22)29)39-20-10-11-32-23(14-20)26(37)31-4/h5-15H,1-4H3,(H,31,37)(H2,33,34,38). The van der Waals surface area contributed by atoms with Crippen molar-refractivity contribution in [2.75, 3.05) is 17.7 Å². The van der Waals surface area contributed by atoms with Gasteiger partial charge in [-0.15, -0.1) is 0 Å². The van der Waals surface area contributed by atoms with E-state index >= 15 is 0 Å². The molecule has 0 bridgehead atoms. The lowest BCUT2D eigenvalue weighted by molar-refractivity contribution is 0.0957. The molecule has 3 amide bonds. The van der Waals surface area contributed by atoms with E-state index in [1.165, 1.54) is 19.3 Å². The first-order valence-electron chi connectivity index (χ1n) is 11.9. The minimum Gasteiger partial charge on any atom is -0.457 e. The van der Waals surface area contributed by atoms with Crippen LogP contribution in [-0.2, 0) is 5.41 Å². The molecule has 0 spiro atoms. The van der Waals surface area contributed by atoms with E-state index in [-0.39, 0.29) is 22.0 Å². The van der Waals surface area contributed by atoms with Crippen LogP contribution < -0.4 is 20.7 Å². The lowest BCUT2D eigenvalue weighted by Gasteiger charge is -2.14. The zero-order chi connectivity index (χ0) is 28.2. The van der Waals surface area contributed by atoms with E-state index in [0.29, 0.717) is 34.3 Å². The van der Waals surface area contributed by atoms with E-state index in [1.54, 1.807) is 59.3 Å². The second-order valence-corrected chi connectivity index (χ2v) is 9.92. The van der Waals surface area contributed by atoms with Crippen molar-refractivity contribution in [1.29, 1.82) is 5.26 Å². The van der Waals surface area contributed by atoms with E-state index in [9.17, 15) is 14.9 Å². The van der Waals surface area contributed by atoms with Crippen LogP contribution in [0.5, 0.6) is 11.5 Å². The second kappa shape index (κ2) is 11.2. The molecule has 0 saturated carbocycles. The van der Waals surface area contributed by atoms with Gasteiger partial charge in [0.2, 0.25) is 0 Å². The van der Waals surface area contributed by atoms with Gasteiger partial charge in [0.25, 0.3) is 5.91 Å². The highest BCUT2D eigenvalue weighted by Crippen LogP contribution is 2.31. The van der Waals surface area contributed by atoms with Crippen molar-refractivity contribution in [3.63, 3.8) is 0 Å². The molecule has 0 unspecified atom stereocenters. The normalized spacial score (nSPS) is 10.9. The number of aromatic nitrogens is 3. The number of carbonyl (C=O) groups is 2. The number of benzene rings is 2. The fourth-order valence-electron chi connectivity index (χ4n) is 3.53. The highest BCUT2D eigenvalue weighted by molar-refractivity contribution is 6.34. The molecule has 0 aliphatic carbocycles. The number of anilines is 2. The summed E-state index contributed by atoms with van der Waals surface area (Å²) in [7, 11) is 1.52. The fourth-order valence-corrected chi connectivity index (χ4v) is 3.75. The molecule has 0 aliphatic heterocycles. The van der Waals surface area contributed by atoms with Crippen molar-refractivity contribution in [2.45, 2.75) is 26.2 Å². The van der Waals surface area contributed by atoms with Gasteiger partial charge in [-0.05, 0) is 36.4 Å². The van der Waals surface area contributed by atoms with Crippen molar-refractivity contribution >= 4 is 35.0 Å². The first-order chi connectivity index (χ1) is 18.6. The molecular formula is C28H26ClN7O3. The molecule has 0 fully saturated rings. The van der Waals surface area contributed by atoms with Crippen LogP contribution in [0.15, 0.2) is 66.9 Å². The van der Waals surface area contributed by atoms with Crippen LogP contribution in [0.1, 0.15) is 42.5 Å². The number of carbonyl (C=O) groups excluding carboxylic acids is 2. The fraction of sp³-hybridized carbons (Fsp3) is 0.179. The van der Waals surface area contributed by atoms with Gasteiger partial charge in [0.1, 0.15) is 23.0 Å². The Balaban J connectivity index is 1.52. The number of ether oxygens (including phenoxy) is 1. The summed E-state index contributed by atoms with van der Waals surface area (Å²) in [5.74, 6) is 0.901. The van der Waals surface area contributed by atoms with Gasteiger partial charge >= 0.3 is 6.03 Å². The summed E-state index contributed by atoms with van der Waals surface area (Å²) in [5.41, 5.74) is 2.16. The van der Waals surface area contributed by atoms with Crippen molar-refractivity contribution in [3.8, 4) is 23.3 Å². The Bertz CT molecular complexity index is 1580. The number of nitriles is 1. The van der Waals surface area contributed by atoms with Gasteiger partial charge in [-0.3, -0.25) is 15.1 Å². The van der Waals surface area contributed by atoms with Gasteiger partial charge in [0, 0.05) is 36.9 Å². The molecule has 10 nitrogen and oxygen atoms in total. The summed E-state index contributed by atoms with van der Waals surface area (Å²) < 4.78 is 7.39. The van der Waals surface area contributed by atoms with Gasteiger partial charge in [-0.1, -0.05) is 38.4 Å². The Morgan fingerprint density at radius 1 is 1.03 bits per heavy atom. The largest absolute Gasteiger partial charge is 0.457 e. The summed E-state index contributed by atoms with van der Waals surface area (Å²) in [6.07, 6.45) is 1.47. The van der Waals surface area contributed by atoms with Gasteiger partial charge in [-0.2, -0.15) is 10.4 Å². The quantitative estimate of drug-likeness (QED) is 0.278. The molecular weight excluding hydrogens is 518 g/mol. The summed E-state index contributed by atoms with van der Waals surface area (Å²) in [6.45, 7) is 6.05. The van der Waals surface area contributed by atoms with Gasteiger partial charge in [-0.25, -0.2) is 9.48 Å². The number of nitrogens with zero attached hydrogens (tertiary/aromatic N) is 4. The summed E-state index contributed by atoms with van der Waals surface area (Å²) in [5, 5.41) is 22.3. The minimum absolute atomic E-state index is 0.212. The zero-order valence-corrected chi connectivity index (χ0v) is 22.5. The number of halogens is 1. The van der Waals surface area contributed by atoms with E-state index in [0.717, 1.165) is 5.69 Å². The second-order valence-electron chi connectivity index (χ2n) is 9.52. The minimum atomic E-state index is -0.534. The SMILES string of the molecule is CNC(=O)c1cc(Oc2ccc(NC(=O)Nc3cc(C(C)(C)C)nn3-c3cccc(C#N)c3)c(Cl)c2)ccn1. The molecule has 39 heavy (non-hydrogen) atoms. The van der Waals surface area contributed by atoms with Gasteiger partial charge in [0.15, 0.2) is 0 Å².